The molecule has 34 heavy (non-hydrogen) atoms. The summed E-state index contributed by atoms with van der Waals surface area (Å²) in [5.41, 5.74) is 5.37. The van der Waals surface area contributed by atoms with Crippen molar-refractivity contribution < 1.29 is 4.79 Å². The molecule has 0 saturated carbocycles. The normalized spacial score (nSPS) is 10.9. The number of carbonyl (C=O) groups is 1. The fraction of sp³-hybridized carbons (Fsp3) is 0.115. The Hall–Kier alpha value is -4.59. The first-order chi connectivity index (χ1) is 16.5. The Morgan fingerprint density at radius 1 is 0.824 bits per heavy atom. The van der Waals surface area contributed by atoms with Crippen LogP contribution in [0.25, 0.3) is 16.7 Å². The molecule has 0 unspecified atom stereocenters. The summed E-state index contributed by atoms with van der Waals surface area (Å²) in [6.07, 6.45) is 1.56. The van der Waals surface area contributed by atoms with Crippen molar-refractivity contribution in [3.05, 3.63) is 95.6 Å². The third-order valence-electron chi connectivity index (χ3n) is 5.44. The number of amides is 1. The second kappa shape index (κ2) is 8.74. The van der Waals surface area contributed by atoms with Crippen molar-refractivity contribution in [2.45, 2.75) is 20.8 Å². The molecule has 0 bridgehead atoms. The number of aromatic nitrogens is 5. The van der Waals surface area contributed by atoms with Crippen LogP contribution in [0.5, 0.6) is 0 Å². The van der Waals surface area contributed by atoms with Gasteiger partial charge in [-0.05, 0) is 69.3 Å². The number of nitrogens with zero attached hydrogens (tertiary/aromatic N) is 5. The number of fused-ring (bicyclic) bond motifs is 1. The zero-order valence-electron chi connectivity index (χ0n) is 19.1. The number of aryl methyl sites for hydroxylation is 2. The maximum Gasteiger partial charge on any atom is 0.259 e. The molecular weight excluding hydrogens is 426 g/mol. The highest BCUT2D eigenvalue weighted by molar-refractivity contribution is 6.05. The van der Waals surface area contributed by atoms with Crippen LogP contribution < -0.4 is 10.6 Å². The molecule has 0 fully saturated rings. The Labute approximate surface area is 196 Å². The number of hydrogen-bond acceptors (Lipinski definition) is 6. The summed E-state index contributed by atoms with van der Waals surface area (Å²) in [6.45, 7) is 5.72. The van der Waals surface area contributed by atoms with Gasteiger partial charge in [0.15, 0.2) is 5.82 Å². The van der Waals surface area contributed by atoms with Crippen molar-refractivity contribution in [2.24, 2.45) is 0 Å². The van der Waals surface area contributed by atoms with Gasteiger partial charge >= 0.3 is 0 Å². The van der Waals surface area contributed by atoms with Crippen molar-refractivity contribution >= 4 is 34.1 Å². The number of hydrogen-bond donors (Lipinski definition) is 2. The zero-order valence-corrected chi connectivity index (χ0v) is 19.1. The van der Waals surface area contributed by atoms with E-state index < -0.39 is 0 Å². The van der Waals surface area contributed by atoms with E-state index in [1.807, 2.05) is 87.5 Å². The SMILES string of the molecule is Cc1cc(C)nc(Nc2ccc(NC(=O)c3cnn(-c4ccc5ccccc5n4)c3C)cc2)n1. The van der Waals surface area contributed by atoms with Crippen LogP contribution in [0.15, 0.2) is 72.9 Å². The van der Waals surface area contributed by atoms with E-state index in [1.54, 1.807) is 10.9 Å². The van der Waals surface area contributed by atoms with E-state index in [2.05, 4.69) is 30.7 Å². The molecule has 2 N–H and O–H groups in total. The van der Waals surface area contributed by atoms with Gasteiger partial charge in [0.2, 0.25) is 5.95 Å². The highest BCUT2D eigenvalue weighted by Crippen LogP contribution is 2.20. The van der Waals surface area contributed by atoms with Crippen LogP contribution in [0.4, 0.5) is 17.3 Å². The molecule has 0 aliphatic rings. The van der Waals surface area contributed by atoms with Crippen LogP contribution in [-0.2, 0) is 0 Å². The summed E-state index contributed by atoms with van der Waals surface area (Å²) in [4.78, 5) is 26.4. The van der Waals surface area contributed by atoms with Crippen LogP contribution in [0.1, 0.15) is 27.4 Å². The molecule has 0 spiro atoms. The summed E-state index contributed by atoms with van der Waals surface area (Å²) >= 11 is 0. The van der Waals surface area contributed by atoms with E-state index in [1.165, 1.54) is 0 Å². The van der Waals surface area contributed by atoms with Crippen molar-refractivity contribution in [3.8, 4) is 5.82 Å². The number of carbonyl (C=O) groups excluding carboxylic acids is 1. The summed E-state index contributed by atoms with van der Waals surface area (Å²) in [7, 11) is 0. The summed E-state index contributed by atoms with van der Waals surface area (Å²) in [5.74, 6) is 0.974. The summed E-state index contributed by atoms with van der Waals surface area (Å²) in [5, 5.41) is 11.6. The molecule has 3 heterocycles. The van der Waals surface area contributed by atoms with Gasteiger partial charge in [-0.25, -0.2) is 19.6 Å². The highest BCUT2D eigenvalue weighted by Gasteiger charge is 2.16. The van der Waals surface area contributed by atoms with Gasteiger partial charge in [0.25, 0.3) is 5.91 Å². The van der Waals surface area contributed by atoms with Gasteiger partial charge in [-0.15, -0.1) is 0 Å². The van der Waals surface area contributed by atoms with Crippen molar-refractivity contribution in [3.63, 3.8) is 0 Å². The number of anilines is 3. The van der Waals surface area contributed by atoms with Crippen molar-refractivity contribution in [1.29, 1.82) is 0 Å². The van der Waals surface area contributed by atoms with Crippen LogP contribution in [0.3, 0.4) is 0 Å². The Morgan fingerprint density at radius 3 is 2.29 bits per heavy atom. The van der Waals surface area contributed by atoms with Crippen LogP contribution in [0, 0.1) is 20.8 Å². The fourth-order valence-corrected chi connectivity index (χ4v) is 3.78. The van der Waals surface area contributed by atoms with Gasteiger partial charge < -0.3 is 10.6 Å². The second-order valence-electron chi connectivity index (χ2n) is 8.05. The number of pyridine rings is 1. The highest BCUT2D eigenvalue weighted by atomic mass is 16.1. The van der Waals surface area contributed by atoms with Gasteiger partial charge in [-0.3, -0.25) is 4.79 Å². The molecule has 0 atom stereocenters. The standard InChI is InChI=1S/C26H23N7O/c1-16-14-17(2)29-26(28-16)31-21-11-9-20(10-12-21)30-25(34)22-15-27-33(18(22)3)24-13-8-19-6-4-5-7-23(19)32-24/h4-15H,1-3H3,(H,30,34)(H,28,29,31). The van der Waals surface area contributed by atoms with Gasteiger partial charge in [-0.2, -0.15) is 5.10 Å². The Balaban J connectivity index is 1.31. The number of nitrogens with one attached hydrogen (secondary N) is 2. The molecule has 8 heteroatoms. The lowest BCUT2D eigenvalue weighted by molar-refractivity contribution is 0.102. The Bertz CT molecular complexity index is 1490. The number of benzene rings is 2. The maximum absolute atomic E-state index is 12.9. The predicted octanol–water partition coefficient (Wildman–Crippen LogP) is 5.13. The maximum atomic E-state index is 12.9. The van der Waals surface area contributed by atoms with Crippen molar-refractivity contribution in [2.75, 3.05) is 10.6 Å². The first kappa shape index (κ1) is 21.3. The lowest BCUT2D eigenvalue weighted by Gasteiger charge is -2.09. The third-order valence-corrected chi connectivity index (χ3v) is 5.44. The lowest BCUT2D eigenvalue weighted by Crippen LogP contribution is -2.13. The van der Waals surface area contributed by atoms with E-state index in [-0.39, 0.29) is 5.91 Å². The van der Waals surface area contributed by atoms with E-state index in [9.17, 15) is 4.79 Å². The Kier molecular flexibility index (Phi) is 5.47. The molecule has 0 aliphatic carbocycles. The summed E-state index contributed by atoms with van der Waals surface area (Å²) < 4.78 is 1.68. The molecule has 8 nitrogen and oxygen atoms in total. The van der Waals surface area contributed by atoms with Crippen LogP contribution in [-0.4, -0.2) is 30.6 Å². The molecule has 0 radical (unpaired) electrons. The summed E-state index contributed by atoms with van der Waals surface area (Å²) in [6, 6.07) is 21.1. The monoisotopic (exact) mass is 449 g/mol. The van der Waals surface area contributed by atoms with Crippen molar-refractivity contribution in [1.82, 2.24) is 24.7 Å². The van der Waals surface area contributed by atoms with E-state index in [0.29, 0.717) is 28.7 Å². The quantitative estimate of drug-likeness (QED) is 0.386. The molecule has 3 aromatic heterocycles. The largest absolute Gasteiger partial charge is 0.324 e. The first-order valence-electron chi connectivity index (χ1n) is 10.9. The predicted molar refractivity (Wildman–Crippen MR) is 133 cm³/mol. The Morgan fingerprint density at radius 2 is 1.53 bits per heavy atom. The second-order valence-corrected chi connectivity index (χ2v) is 8.05. The van der Waals surface area contributed by atoms with Gasteiger partial charge in [-0.1, -0.05) is 18.2 Å². The van der Waals surface area contributed by atoms with Gasteiger partial charge in [0.05, 0.1) is 23.0 Å². The molecule has 0 saturated heterocycles. The minimum Gasteiger partial charge on any atom is -0.324 e. The van der Waals surface area contributed by atoms with Crippen LogP contribution in [0.2, 0.25) is 0 Å². The molecule has 5 rings (SSSR count). The molecule has 2 aromatic carbocycles. The van der Waals surface area contributed by atoms with Crippen LogP contribution >= 0.6 is 0 Å². The number of rotatable bonds is 5. The topological polar surface area (TPSA) is 97.6 Å². The molecule has 0 aliphatic heterocycles. The minimum absolute atomic E-state index is 0.233. The molecule has 168 valence electrons. The molecule has 1 amide bonds. The number of para-hydroxylation sites is 1. The minimum atomic E-state index is -0.233. The van der Waals surface area contributed by atoms with Gasteiger partial charge in [0.1, 0.15) is 0 Å². The van der Waals surface area contributed by atoms with E-state index in [4.69, 9.17) is 0 Å². The van der Waals surface area contributed by atoms with E-state index >= 15 is 0 Å². The molecule has 5 aromatic rings. The lowest BCUT2D eigenvalue weighted by atomic mass is 10.2. The fourth-order valence-electron chi connectivity index (χ4n) is 3.78. The third kappa shape index (κ3) is 4.33. The molecular formula is C26H23N7O. The van der Waals surface area contributed by atoms with E-state index in [0.717, 1.165) is 28.0 Å². The smallest absolute Gasteiger partial charge is 0.259 e. The average molecular weight is 450 g/mol. The van der Waals surface area contributed by atoms with Gasteiger partial charge in [0, 0.05) is 28.1 Å². The average Bonchev–Trinajstić information content (AvgIpc) is 3.21. The first-order valence-corrected chi connectivity index (χ1v) is 10.9. The zero-order chi connectivity index (χ0) is 23.7.